The van der Waals surface area contributed by atoms with Crippen LogP contribution in [0.3, 0.4) is 0 Å². The highest BCUT2D eigenvalue weighted by molar-refractivity contribution is 5.65. The first kappa shape index (κ1) is 10.0. The molecule has 3 heteroatoms. The number of aryl methyl sites for hydroxylation is 2. The minimum atomic E-state index is 0.979. The van der Waals surface area contributed by atoms with Crippen LogP contribution in [0, 0.1) is 13.8 Å². The van der Waals surface area contributed by atoms with Crippen LogP contribution in [0.1, 0.15) is 11.3 Å². The Balaban J connectivity index is 2.28. The third kappa shape index (κ3) is 1.60. The quantitative estimate of drug-likeness (QED) is 0.634. The average Bonchev–Trinajstić information content (AvgIpc) is 2.68. The lowest BCUT2D eigenvalue weighted by Gasteiger charge is -1.99. The first-order chi connectivity index (χ1) is 8.25. The summed E-state index contributed by atoms with van der Waals surface area (Å²) in [6, 6.07) is 8.09. The van der Waals surface area contributed by atoms with Crippen molar-refractivity contribution in [3.8, 4) is 11.3 Å². The van der Waals surface area contributed by atoms with E-state index in [0.717, 1.165) is 22.6 Å². The van der Waals surface area contributed by atoms with Crippen molar-refractivity contribution >= 4 is 5.65 Å². The molecular weight excluding hydrogens is 210 g/mol. The van der Waals surface area contributed by atoms with Crippen LogP contribution in [0.4, 0.5) is 0 Å². The van der Waals surface area contributed by atoms with Gasteiger partial charge in [-0.05, 0) is 37.6 Å². The van der Waals surface area contributed by atoms with Gasteiger partial charge < -0.3 is 4.40 Å². The molecule has 0 bridgehead atoms. The fourth-order valence-electron chi connectivity index (χ4n) is 2.04. The van der Waals surface area contributed by atoms with Crippen LogP contribution in [-0.4, -0.2) is 14.4 Å². The van der Waals surface area contributed by atoms with Crippen LogP contribution >= 0.6 is 0 Å². The van der Waals surface area contributed by atoms with E-state index in [1.165, 1.54) is 5.56 Å². The molecule has 0 aliphatic heterocycles. The van der Waals surface area contributed by atoms with Crippen molar-refractivity contribution in [1.29, 1.82) is 0 Å². The van der Waals surface area contributed by atoms with E-state index in [4.69, 9.17) is 0 Å². The minimum Gasteiger partial charge on any atom is -0.303 e. The minimum absolute atomic E-state index is 0.979. The summed E-state index contributed by atoms with van der Waals surface area (Å²) >= 11 is 0. The molecule has 3 aromatic heterocycles. The highest BCUT2D eigenvalue weighted by Crippen LogP contribution is 2.23. The predicted molar refractivity (Wildman–Crippen MR) is 67.9 cm³/mol. The SMILES string of the molecule is Cc1ccc2nc(-c3cccnc3)c(C)n2c1. The van der Waals surface area contributed by atoms with Gasteiger partial charge in [-0.2, -0.15) is 0 Å². The first-order valence-corrected chi connectivity index (χ1v) is 5.61. The zero-order valence-corrected chi connectivity index (χ0v) is 9.88. The maximum Gasteiger partial charge on any atom is 0.137 e. The van der Waals surface area contributed by atoms with Gasteiger partial charge in [0.15, 0.2) is 0 Å². The van der Waals surface area contributed by atoms with Crippen molar-refractivity contribution in [3.05, 3.63) is 54.1 Å². The molecule has 17 heavy (non-hydrogen) atoms. The van der Waals surface area contributed by atoms with Crippen LogP contribution < -0.4 is 0 Å². The van der Waals surface area contributed by atoms with Crippen molar-refractivity contribution in [2.45, 2.75) is 13.8 Å². The second-order valence-electron chi connectivity index (χ2n) is 4.22. The Bertz CT molecular complexity index is 669. The van der Waals surface area contributed by atoms with Gasteiger partial charge in [0.2, 0.25) is 0 Å². The summed E-state index contributed by atoms with van der Waals surface area (Å²) < 4.78 is 2.12. The fraction of sp³-hybridized carbons (Fsp3) is 0.143. The van der Waals surface area contributed by atoms with E-state index in [2.05, 4.69) is 40.5 Å². The molecule has 0 aliphatic carbocycles. The molecule has 0 radical (unpaired) electrons. The molecule has 0 fully saturated rings. The topological polar surface area (TPSA) is 30.2 Å². The van der Waals surface area contributed by atoms with Gasteiger partial charge in [-0.3, -0.25) is 4.98 Å². The number of nitrogens with zero attached hydrogens (tertiary/aromatic N) is 3. The zero-order chi connectivity index (χ0) is 11.8. The smallest absolute Gasteiger partial charge is 0.137 e. The fourth-order valence-corrected chi connectivity index (χ4v) is 2.04. The molecule has 0 unspecified atom stereocenters. The summed E-state index contributed by atoms with van der Waals surface area (Å²) in [6.45, 7) is 4.17. The Kier molecular flexibility index (Phi) is 2.18. The standard InChI is InChI=1S/C14H13N3/c1-10-5-6-13-16-14(11(2)17(13)9-10)12-4-3-7-15-8-12/h3-9H,1-2H3. The van der Waals surface area contributed by atoms with Crippen molar-refractivity contribution in [2.24, 2.45) is 0 Å². The number of aromatic nitrogens is 3. The maximum atomic E-state index is 4.65. The number of imidazole rings is 1. The lowest BCUT2D eigenvalue weighted by molar-refractivity contribution is 1.09. The Morgan fingerprint density at radius 1 is 1.12 bits per heavy atom. The molecule has 3 aromatic rings. The molecule has 0 aromatic carbocycles. The van der Waals surface area contributed by atoms with Crippen molar-refractivity contribution in [1.82, 2.24) is 14.4 Å². The van der Waals surface area contributed by atoms with Gasteiger partial charge in [0, 0.05) is 29.8 Å². The summed E-state index contributed by atoms with van der Waals surface area (Å²) in [7, 11) is 0. The third-order valence-corrected chi connectivity index (χ3v) is 2.94. The Morgan fingerprint density at radius 2 is 2.00 bits per heavy atom. The Labute approximate surface area is 99.8 Å². The van der Waals surface area contributed by atoms with Gasteiger partial charge in [-0.25, -0.2) is 4.98 Å². The van der Waals surface area contributed by atoms with Crippen LogP contribution in [-0.2, 0) is 0 Å². The normalized spacial score (nSPS) is 10.9. The molecule has 3 rings (SSSR count). The van der Waals surface area contributed by atoms with E-state index in [0.29, 0.717) is 0 Å². The second kappa shape index (κ2) is 3.70. The monoisotopic (exact) mass is 223 g/mol. The van der Waals surface area contributed by atoms with Gasteiger partial charge in [-0.15, -0.1) is 0 Å². The Hall–Kier alpha value is -2.16. The summed E-state index contributed by atoms with van der Waals surface area (Å²) in [4.78, 5) is 8.79. The molecular formula is C14H13N3. The molecule has 3 heterocycles. The van der Waals surface area contributed by atoms with E-state index < -0.39 is 0 Å². The molecule has 84 valence electrons. The van der Waals surface area contributed by atoms with Gasteiger partial charge in [-0.1, -0.05) is 6.07 Å². The van der Waals surface area contributed by atoms with Crippen molar-refractivity contribution < 1.29 is 0 Å². The molecule has 0 saturated carbocycles. The largest absolute Gasteiger partial charge is 0.303 e. The number of hydrogen-bond donors (Lipinski definition) is 0. The van der Waals surface area contributed by atoms with Crippen LogP contribution in [0.25, 0.3) is 16.9 Å². The van der Waals surface area contributed by atoms with E-state index in [1.54, 1.807) is 6.20 Å². The van der Waals surface area contributed by atoms with E-state index in [1.807, 2.05) is 24.4 Å². The summed E-state index contributed by atoms with van der Waals surface area (Å²) in [5.74, 6) is 0. The van der Waals surface area contributed by atoms with Gasteiger partial charge >= 0.3 is 0 Å². The number of rotatable bonds is 1. The number of pyridine rings is 2. The predicted octanol–water partition coefficient (Wildman–Crippen LogP) is 3.01. The molecule has 0 atom stereocenters. The number of hydrogen-bond acceptors (Lipinski definition) is 2. The lowest BCUT2D eigenvalue weighted by Crippen LogP contribution is -1.88. The van der Waals surface area contributed by atoms with Gasteiger partial charge in [0.05, 0.1) is 5.69 Å². The van der Waals surface area contributed by atoms with Crippen LogP contribution in [0.2, 0.25) is 0 Å². The highest BCUT2D eigenvalue weighted by atomic mass is 15.0. The average molecular weight is 223 g/mol. The van der Waals surface area contributed by atoms with Crippen LogP contribution in [0.15, 0.2) is 42.9 Å². The highest BCUT2D eigenvalue weighted by Gasteiger charge is 2.09. The molecule has 0 spiro atoms. The van der Waals surface area contributed by atoms with E-state index >= 15 is 0 Å². The van der Waals surface area contributed by atoms with Crippen molar-refractivity contribution in [2.75, 3.05) is 0 Å². The Morgan fingerprint density at radius 3 is 2.76 bits per heavy atom. The summed E-state index contributed by atoms with van der Waals surface area (Å²) in [5.41, 5.74) is 5.43. The van der Waals surface area contributed by atoms with Gasteiger partial charge in [0.1, 0.15) is 5.65 Å². The second-order valence-corrected chi connectivity index (χ2v) is 4.22. The van der Waals surface area contributed by atoms with Crippen LogP contribution in [0.5, 0.6) is 0 Å². The lowest BCUT2D eigenvalue weighted by atomic mass is 10.2. The van der Waals surface area contributed by atoms with Crippen molar-refractivity contribution in [3.63, 3.8) is 0 Å². The molecule has 0 N–H and O–H groups in total. The summed E-state index contributed by atoms with van der Waals surface area (Å²) in [6.07, 6.45) is 5.73. The first-order valence-electron chi connectivity index (χ1n) is 5.61. The third-order valence-electron chi connectivity index (χ3n) is 2.94. The maximum absolute atomic E-state index is 4.65. The molecule has 0 aliphatic rings. The molecule has 0 amide bonds. The molecule has 3 nitrogen and oxygen atoms in total. The summed E-state index contributed by atoms with van der Waals surface area (Å²) in [5, 5.41) is 0. The van der Waals surface area contributed by atoms with Gasteiger partial charge in [0.25, 0.3) is 0 Å². The number of fused-ring (bicyclic) bond motifs is 1. The van der Waals surface area contributed by atoms with E-state index in [-0.39, 0.29) is 0 Å². The molecule has 0 saturated heterocycles. The van der Waals surface area contributed by atoms with E-state index in [9.17, 15) is 0 Å². The zero-order valence-electron chi connectivity index (χ0n) is 9.88.